The molecule has 1 aliphatic carbocycles. The summed E-state index contributed by atoms with van der Waals surface area (Å²) in [5.41, 5.74) is 15.1. The third kappa shape index (κ3) is 17.7. The lowest BCUT2D eigenvalue weighted by Crippen LogP contribution is -2.54. The van der Waals surface area contributed by atoms with Crippen molar-refractivity contribution >= 4 is 69.9 Å². The van der Waals surface area contributed by atoms with Crippen LogP contribution < -0.4 is 24.9 Å². The highest BCUT2D eigenvalue weighted by atomic mass is 32.2. The molecule has 1 N–H and O–H groups in total. The molecule has 21 nitrogen and oxygen atoms in total. The molecule has 8 fully saturated rings. The molecule has 4 amide bonds. The maximum Gasteiger partial charge on any atom is 0.238 e. The molecule has 24 rings (SSSR count). The maximum atomic E-state index is 15.2. The Morgan fingerprint density at radius 1 is 0.321 bits per heavy atom. The first-order valence-corrected chi connectivity index (χ1v) is 51.6. The summed E-state index contributed by atoms with van der Waals surface area (Å²) in [4.78, 5) is 73.4. The van der Waals surface area contributed by atoms with Gasteiger partial charge in [0.25, 0.3) is 0 Å². The van der Waals surface area contributed by atoms with Gasteiger partial charge in [-0.05, 0) is 266 Å². The van der Waals surface area contributed by atoms with Gasteiger partial charge >= 0.3 is 0 Å². The molecule has 12 aromatic rings. The summed E-state index contributed by atoms with van der Waals surface area (Å²) in [5.74, 6) is 4.29. The van der Waals surface area contributed by atoms with Crippen LogP contribution in [0.1, 0.15) is 147 Å². The van der Waals surface area contributed by atoms with Crippen molar-refractivity contribution in [3.05, 3.63) is 287 Å². The van der Waals surface area contributed by atoms with E-state index in [1.54, 1.807) is 86.0 Å². The zero-order chi connectivity index (χ0) is 93.9. The zero-order valence-electron chi connectivity index (χ0n) is 78.8. The van der Waals surface area contributed by atoms with Crippen LogP contribution >= 0.6 is 23.5 Å². The van der Waals surface area contributed by atoms with Crippen molar-refractivity contribution in [3.63, 3.8) is 0 Å². The number of nitrogens with zero attached hydrogens (tertiary/aromatic N) is 16. The number of hydrogen-bond acceptors (Lipinski definition) is 15. The summed E-state index contributed by atoms with van der Waals surface area (Å²) in [5, 5.41) is 20.2. The van der Waals surface area contributed by atoms with Gasteiger partial charge in [-0.2, -0.15) is 43.9 Å². The monoisotopic (exact) mass is 1880 g/mol. The van der Waals surface area contributed by atoms with Crippen molar-refractivity contribution in [1.29, 1.82) is 0 Å². The van der Waals surface area contributed by atoms with E-state index in [9.17, 15) is 19.2 Å². The second-order valence-electron chi connectivity index (χ2n) is 39.9. The fourth-order valence-electron chi connectivity index (χ4n) is 24.2. The number of fused-ring (bicyclic) bond motifs is 8. The zero-order valence-corrected chi connectivity index (χ0v) is 80.4. The Kier molecular flexibility index (Phi) is 26.1. The first-order valence-electron chi connectivity index (χ1n) is 49.3. The number of piperidine rings is 5. The van der Waals surface area contributed by atoms with E-state index in [-0.39, 0.29) is 73.1 Å². The van der Waals surface area contributed by atoms with Gasteiger partial charge in [0.15, 0.2) is 0 Å². The molecule has 12 aliphatic rings. The first-order chi connectivity index (χ1) is 66.7. The van der Waals surface area contributed by atoms with Crippen LogP contribution in [0, 0.1) is 23.3 Å². The van der Waals surface area contributed by atoms with Crippen molar-refractivity contribution in [2.24, 2.45) is 28.2 Å². The lowest BCUT2D eigenvalue weighted by molar-refractivity contribution is -0.126. The standard InChI is InChI=1S/C28H32FN5O.C28H31FN4OS.C27H29FN4OS.C27H29FN4O/c1-32-18-22(16-31-32)20-8-9-21(25(29)15-20)19-34-26-7-3-2-6-24(26)28(27(34)35)10-13-33(14-11-28)23-5-4-12-30-17-23;1-31-18-22(17-30-31)20-6-7-21(25(29)16-20)19-33-26-5-3-2-4-24(26)28(27(33)34)10-12-32(13-11-28)23-8-14-35-15-9-23;1-30-16-21(15-29-30)19-6-7-20(24(28)14-19)17-32-25-5-3-2-4-23(25)27(26(32)33)9-11-31(12-10-27)22-8-13-34-18-22;1-30-17-21(16-29-30)19-9-10-20(24(28)15-19)18-32-25-8-3-2-7-23(25)27(26(32)33)11-13-31(14-12-27)22-5-4-6-22/h2-3,6-9,15-16,18,23,30H,4-5,10-14,17,19H2,1H3;2-7,16-18,23H,8-15,19H2,1H3;2-7,14-16,22H,8-13,17-18H2,1H3;2-3,7-10,15-17,22H,4-6,11-14,18H2,1H3. The number of aryl methyl sites for hydroxylation is 4. The van der Waals surface area contributed by atoms with Crippen LogP contribution in [0.25, 0.3) is 44.5 Å². The Morgan fingerprint density at radius 3 is 0.847 bits per heavy atom. The van der Waals surface area contributed by atoms with E-state index in [0.717, 1.165) is 206 Å². The van der Waals surface area contributed by atoms with Crippen molar-refractivity contribution in [1.82, 2.24) is 64.0 Å². The first kappa shape index (κ1) is 92.1. The summed E-state index contributed by atoms with van der Waals surface area (Å²) < 4.78 is 67.6. The van der Waals surface area contributed by atoms with Crippen molar-refractivity contribution < 1.29 is 36.7 Å². The van der Waals surface area contributed by atoms with Gasteiger partial charge in [0.05, 0.1) is 72.6 Å². The third-order valence-electron chi connectivity index (χ3n) is 32.3. The largest absolute Gasteiger partial charge is 0.315 e. The quantitative estimate of drug-likeness (QED) is 0.0903. The molecule has 0 radical (unpaired) electrons. The molecule has 2 atom stereocenters. The van der Waals surface area contributed by atoms with Gasteiger partial charge in [0.1, 0.15) is 23.3 Å². The number of carbonyl (C=O) groups excluding carboxylic acids is 4. The van der Waals surface area contributed by atoms with Crippen LogP contribution in [0.4, 0.5) is 40.3 Å². The van der Waals surface area contributed by atoms with Crippen LogP contribution in [0.2, 0.25) is 0 Å². The molecule has 27 heteroatoms. The smallest absolute Gasteiger partial charge is 0.238 e. The number of carbonyl (C=O) groups is 4. The van der Waals surface area contributed by atoms with Crippen LogP contribution in [0.3, 0.4) is 0 Å². The second-order valence-corrected chi connectivity index (χ2v) is 42.3. The molecular weight excluding hydrogens is 1760 g/mol. The molecule has 710 valence electrons. The highest BCUT2D eigenvalue weighted by Gasteiger charge is 2.57. The normalized spacial score (nSPS) is 21.2. The number of likely N-dealkylation sites (tertiary alicyclic amines) is 4. The van der Waals surface area contributed by atoms with E-state index in [1.165, 1.54) is 74.4 Å². The Morgan fingerprint density at radius 2 is 0.591 bits per heavy atom. The van der Waals surface area contributed by atoms with Crippen LogP contribution in [0.5, 0.6) is 0 Å². The van der Waals surface area contributed by atoms with Crippen LogP contribution in [0.15, 0.2) is 219 Å². The maximum absolute atomic E-state index is 15.2. The molecular formula is C110H121F4N17O4S2. The van der Waals surface area contributed by atoms with E-state index in [2.05, 4.69) is 81.3 Å². The van der Waals surface area contributed by atoms with Crippen molar-refractivity contribution in [2.45, 2.75) is 175 Å². The predicted octanol–water partition coefficient (Wildman–Crippen LogP) is 18.1. The molecule has 137 heavy (non-hydrogen) atoms. The number of rotatable bonds is 16. The Labute approximate surface area is 808 Å². The average molecular weight is 1890 g/mol. The number of benzene rings is 8. The van der Waals surface area contributed by atoms with Gasteiger partial charge in [-0.1, -0.05) is 128 Å². The minimum atomic E-state index is -0.499. The summed E-state index contributed by atoms with van der Waals surface area (Å²) in [6.45, 7) is 10.7. The van der Waals surface area contributed by atoms with Gasteiger partial charge in [-0.25, -0.2) is 17.6 Å². The van der Waals surface area contributed by atoms with Gasteiger partial charge in [-0.15, -0.1) is 0 Å². The fourth-order valence-corrected chi connectivity index (χ4v) is 26.5. The summed E-state index contributed by atoms with van der Waals surface area (Å²) in [6, 6.07) is 56.2. The molecule has 11 aliphatic heterocycles. The van der Waals surface area contributed by atoms with Gasteiger partial charge in [-0.3, -0.25) is 47.7 Å². The van der Waals surface area contributed by atoms with E-state index >= 15 is 17.6 Å². The van der Waals surface area contributed by atoms with E-state index in [0.29, 0.717) is 46.4 Å². The third-order valence-corrected chi connectivity index (χ3v) is 34.4. The average Bonchev–Trinajstić information content (AvgIpc) is 1.59. The highest BCUT2D eigenvalue weighted by molar-refractivity contribution is 7.99. The molecule has 8 aromatic carbocycles. The second kappa shape index (κ2) is 38.8. The fraction of sp³-hybridized carbons (Fsp3) is 0.418. The highest BCUT2D eigenvalue weighted by Crippen LogP contribution is 2.55. The number of nitrogens with one attached hydrogen (secondary N) is 1. The molecule has 2 unspecified atom stereocenters. The number of anilines is 4. The molecule has 4 aromatic heterocycles. The Hall–Kier alpha value is -11.3. The minimum Gasteiger partial charge on any atom is -0.315 e. The molecule has 15 heterocycles. The van der Waals surface area contributed by atoms with E-state index in [4.69, 9.17) is 0 Å². The predicted molar refractivity (Wildman–Crippen MR) is 534 cm³/mol. The number of halogens is 4. The lowest BCUT2D eigenvalue weighted by atomic mass is 9.73. The Balaban J connectivity index is 0.000000109. The number of para-hydroxylation sites is 4. The van der Waals surface area contributed by atoms with Crippen molar-refractivity contribution in [2.75, 3.05) is 108 Å². The lowest BCUT2D eigenvalue weighted by Gasteiger charge is -2.45. The SMILES string of the molecule is Cn1cc(-c2ccc(CN3C(=O)C4(CCN(C5CCC5)CC4)c4ccccc43)c(F)c2)cn1.Cn1cc(-c2ccc(CN3C(=O)C4(CCN(C5CCCNC5)CC4)c4ccccc43)c(F)c2)cn1.Cn1cc(-c2ccc(CN3C(=O)C4(CCN(C5CCSC5)CC4)c4ccccc43)c(F)c2)cn1.Cn1cc(-c2ccc(CN3C(=O)C4(CCN(C5CCSCC5)CC4)c4ccccc43)c(F)c2)cn1. The summed E-state index contributed by atoms with van der Waals surface area (Å²) in [7, 11) is 7.38. The molecule has 0 bridgehead atoms. The topological polar surface area (TPSA) is 178 Å². The van der Waals surface area contributed by atoms with E-state index in [1.807, 2.05) is 187 Å². The van der Waals surface area contributed by atoms with Crippen LogP contribution in [-0.2, 0) is 95.2 Å². The molecule has 7 saturated heterocycles. The van der Waals surface area contributed by atoms with Crippen LogP contribution in [-0.4, -0.2) is 195 Å². The molecule has 1 saturated carbocycles. The Bertz CT molecular complexity index is 6260. The summed E-state index contributed by atoms with van der Waals surface area (Å²) >= 11 is 4.09. The summed E-state index contributed by atoms with van der Waals surface area (Å²) in [6.07, 6.45) is 31.2. The van der Waals surface area contributed by atoms with E-state index < -0.39 is 21.7 Å². The number of hydrogen-bond donors (Lipinski definition) is 1. The minimum absolute atomic E-state index is 0.121. The number of aromatic nitrogens is 8. The number of thioether (sulfide) groups is 2. The van der Waals surface area contributed by atoms with Gasteiger partial charge < -0.3 is 34.7 Å². The van der Waals surface area contributed by atoms with Gasteiger partial charge in [0, 0.05) is 157 Å². The molecule has 4 spiro atoms. The van der Waals surface area contributed by atoms with Crippen molar-refractivity contribution in [3.8, 4) is 44.5 Å². The number of amides is 4. The van der Waals surface area contributed by atoms with Gasteiger partial charge in [0.2, 0.25) is 23.6 Å².